The molecule has 2 fully saturated rings. The third-order valence-electron chi connectivity index (χ3n) is 9.88. The van der Waals surface area contributed by atoms with Gasteiger partial charge in [-0.05, 0) is 66.4 Å². The highest BCUT2D eigenvalue weighted by Gasteiger charge is 2.46. The van der Waals surface area contributed by atoms with Gasteiger partial charge in [-0.15, -0.1) is 0 Å². The second-order valence-corrected chi connectivity index (χ2v) is 16.9. The summed E-state index contributed by atoms with van der Waals surface area (Å²) < 4.78 is 65.3. The Hall–Kier alpha value is -1.04. The van der Waals surface area contributed by atoms with Crippen LogP contribution in [0, 0.1) is 17.6 Å². The minimum atomic E-state index is -2.83. The van der Waals surface area contributed by atoms with Gasteiger partial charge in [0.25, 0.3) is 0 Å². The number of hydrogen-bond donors (Lipinski definition) is 0. The van der Waals surface area contributed by atoms with E-state index in [9.17, 15) is 13.2 Å². The number of rotatable bonds is 18. The Bertz CT molecular complexity index is 810. The quantitative estimate of drug-likeness (QED) is 0.0722. The number of halogens is 4. The van der Waals surface area contributed by atoms with E-state index >= 15 is 4.11 Å². The first-order chi connectivity index (χ1) is 19.4. The second-order valence-electron chi connectivity index (χ2n) is 13.0. The lowest BCUT2D eigenvalue weighted by molar-refractivity contribution is 0.173. The molecule has 2 aliphatic rings. The summed E-state index contributed by atoms with van der Waals surface area (Å²) in [5, 5.41) is 0. The molecule has 1 aliphatic carbocycles. The summed E-state index contributed by atoms with van der Waals surface area (Å²) in [4.78, 5) is 0. The van der Waals surface area contributed by atoms with Gasteiger partial charge in [-0.2, -0.15) is 0 Å². The van der Waals surface area contributed by atoms with Crippen LogP contribution in [0.5, 0.6) is 5.75 Å². The van der Waals surface area contributed by atoms with Crippen molar-refractivity contribution in [3.05, 3.63) is 29.3 Å². The molecule has 1 saturated heterocycles. The number of alkyl halides is 1. The van der Waals surface area contributed by atoms with Gasteiger partial charge in [0.2, 0.25) is 8.41 Å². The van der Waals surface area contributed by atoms with Crippen LogP contribution in [0.25, 0.3) is 0 Å². The fraction of sp³-hybridized carbons (Fsp3) is 0.824. The van der Waals surface area contributed by atoms with Crippen molar-refractivity contribution in [1.82, 2.24) is 0 Å². The molecule has 0 spiro atoms. The van der Waals surface area contributed by atoms with Gasteiger partial charge in [0.15, 0.2) is 17.4 Å². The molecule has 1 saturated carbocycles. The van der Waals surface area contributed by atoms with E-state index in [1.54, 1.807) is 0 Å². The molecule has 1 heterocycles. The van der Waals surface area contributed by atoms with Crippen molar-refractivity contribution in [3.63, 3.8) is 0 Å². The minimum Gasteiger partial charge on any atom is -0.485 e. The van der Waals surface area contributed by atoms with Crippen molar-refractivity contribution in [3.8, 4) is 5.75 Å². The molecule has 0 bridgehead atoms. The topological polar surface area (TPSA) is 9.23 Å². The Kier molecular flexibility index (Phi) is 14.9. The Balaban J connectivity index is 1.40. The van der Waals surface area contributed by atoms with E-state index in [0.717, 1.165) is 38.0 Å². The highest BCUT2D eigenvalue weighted by Crippen LogP contribution is 2.50. The van der Waals surface area contributed by atoms with Crippen molar-refractivity contribution in [2.75, 3.05) is 6.61 Å². The number of unbranched alkanes of at least 4 members (excludes halogenated alkanes) is 9. The molecule has 1 aromatic rings. The van der Waals surface area contributed by atoms with E-state index in [1.807, 2.05) is 0 Å². The van der Waals surface area contributed by atoms with Crippen LogP contribution in [0.15, 0.2) is 12.1 Å². The van der Waals surface area contributed by atoms with Gasteiger partial charge in [0.1, 0.15) is 12.8 Å². The van der Waals surface area contributed by atoms with Crippen LogP contribution in [-0.2, 0) is 0 Å². The van der Waals surface area contributed by atoms with Gasteiger partial charge < -0.3 is 8.84 Å². The first-order valence-electron chi connectivity index (χ1n) is 16.8. The van der Waals surface area contributed by atoms with E-state index in [2.05, 4.69) is 13.8 Å². The van der Waals surface area contributed by atoms with E-state index in [0.29, 0.717) is 36.9 Å². The maximum Gasteiger partial charge on any atom is 0.250 e. The van der Waals surface area contributed by atoms with Crippen LogP contribution in [0.4, 0.5) is 17.3 Å². The fourth-order valence-corrected chi connectivity index (χ4v) is 11.3. The predicted molar refractivity (Wildman–Crippen MR) is 162 cm³/mol. The van der Waals surface area contributed by atoms with Crippen molar-refractivity contribution >= 4 is 8.41 Å². The standard InChI is InChI=1S/C34H56F4OSi/c1-3-5-7-9-11-13-15-30(35)26-39-34-32(36)24-29(25-33(34)37)28-20-22-40(38,23-21-28)31-18-16-27(17-19-31)14-12-10-8-6-4-2/h24-25,27-28,30-31H,3-23,26H2,1-2H3/t27-,28?,30-,31-,40?/m0/s1. The van der Waals surface area contributed by atoms with E-state index in [-0.39, 0.29) is 18.1 Å². The lowest BCUT2D eigenvalue weighted by atomic mass is 9.85. The number of benzene rings is 1. The minimum absolute atomic E-state index is 0.0180. The van der Waals surface area contributed by atoms with Crippen LogP contribution in [0.3, 0.4) is 0 Å². The van der Waals surface area contributed by atoms with Crippen molar-refractivity contribution in [2.45, 2.75) is 166 Å². The zero-order valence-corrected chi connectivity index (χ0v) is 26.4. The van der Waals surface area contributed by atoms with Gasteiger partial charge in [-0.1, -0.05) is 117 Å². The molecule has 0 N–H and O–H groups in total. The fourth-order valence-electron chi connectivity index (χ4n) is 7.20. The summed E-state index contributed by atoms with van der Waals surface area (Å²) in [6.45, 7) is 4.08. The Morgan fingerprint density at radius 2 is 1.32 bits per heavy atom. The van der Waals surface area contributed by atoms with Crippen LogP contribution >= 0.6 is 0 Å². The van der Waals surface area contributed by atoms with Gasteiger partial charge >= 0.3 is 0 Å². The smallest absolute Gasteiger partial charge is 0.250 e. The van der Waals surface area contributed by atoms with Crippen molar-refractivity contribution < 1.29 is 22.0 Å². The molecule has 0 radical (unpaired) electrons. The second kappa shape index (κ2) is 17.8. The molecule has 0 aromatic heterocycles. The normalized spacial score (nSPS) is 26.1. The molecule has 40 heavy (non-hydrogen) atoms. The van der Waals surface area contributed by atoms with Crippen molar-refractivity contribution in [2.24, 2.45) is 5.92 Å². The van der Waals surface area contributed by atoms with Gasteiger partial charge in [-0.3, -0.25) is 0 Å². The average Bonchev–Trinajstić information content (AvgIpc) is 2.95. The monoisotopic (exact) mass is 584 g/mol. The van der Waals surface area contributed by atoms with Crippen LogP contribution in [-0.4, -0.2) is 21.2 Å². The van der Waals surface area contributed by atoms with Crippen LogP contribution in [0.2, 0.25) is 17.6 Å². The number of hydrogen-bond acceptors (Lipinski definition) is 1. The van der Waals surface area contributed by atoms with Gasteiger partial charge in [-0.25, -0.2) is 13.2 Å². The molecule has 1 nitrogen and oxygen atoms in total. The summed E-state index contributed by atoms with van der Waals surface area (Å²) >= 11 is 0. The molecule has 230 valence electrons. The third kappa shape index (κ3) is 10.7. The van der Waals surface area contributed by atoms with E-state index in [4.69, 9.17) is 4.74 Å². The lowest BCUT2D eigenvalue weighted by Gasteiger charge is -2.40. The first kappa shape index (κ1) is 33.5. The zero-order chi connectivity index (χ0) is 28.8. The molecule has 3 rings (SSSR count). The number of ether oxygens (including phenoxy) is 1. The maximum absolute atomic E-state index is 16.2. The van der Waals surface area contributed by atoms with Gasteiger partial charge in [0.05, 0.1) is 0 Å². The summed E-state index contributed by atoms with van der Waals surface area (Å²) in [7, 11) is -2.83. The van der Waals surface area contributed by atoms with Crippen LogP contribution in [0.1, 0.15) is 147 Å². The first-order valence-corrected chi connectivity index (χ1v) is 19.2. The van der Waals surface area contributed by atoms with Crippen molar-refractivity contribution in [1.29, 1.82) is 0 Å². The summed E-state index contributed by atoms with van der Waals surface area (Å²) in [5.74, 6) is -1.27. The Morgan fingerprint density at radius 1 is 0.775 bits per heavy atom. The molecule has 1 aromatic carbocycles. The summed E-state index contributed by atoms with van der Waals surface area (Å²) in [6, 6.07) is 3.88. The maximum atomic E-state index is 16.2. The zero-order valence-electron chi connectivity index (χ0n) is 25.4. The average molecular weight is 585 g/mol. The molecular weight excluding hydrogens is 528 g/mol. The molecule has 0 amide bonds. The molecule has 1 atom stereocenters. The Labute approximate surface area is 243 Å². The third-order valence-corrected chi connectivity index (χ3v) is 14.2. The predicted octanol–water partition coefficient (Wildman–Crippen LogP) is 12.1. The molecule has 6 heteroatoms. The van der Waals surface area contributed by atoms with Gasteiger partial charge in [0, 0.05) is 0 Å². The summed E-state index contributed by atoms with van der Waals surface area (Å²) in [6.07, 6.45) is 19.2. The summed E-state index contributed by atoms with van der Waals surface area (Å²) in [5.41, 5.74) is 0.855. The molecular formula is C34H56F4OSi. The van der Waals surface area contributed by atoms with E-state index < -0.39 is 32.0 Å². The Morgan fingerprint density at radius 3 is 1.93 bits per heavy atom. The lowest BCUT2D eigenvalue weighted by Crippen LogP contribution is -2.40. The largest absolute Gasteiger partial charge is 0.485 e. The highest BCUT2D eigenvalue weighted by molar-refractivity contribution is 6.74. The SMILES string of the molecule is CCCCCCCC[C@H](F)COc1c(F)cc(C2CC[Si](F)([C@H]3CC[C@H](CCCCCCC)CC3)CC2)cc1F. The molecule has 1 aliphatic heterocycles. The van der Waals surface area contributed by atoms with Crippen LogP contribution < -0.4 is 4.74 Å². The molecule has 0 unspecified atom stereocenters. The van der Waals surface area contributed by atoms with E-state index in [1.165, 1.54) is 82.8 Å². The highest BCUT2D eigenvalue weighted by atomic mass is 28.4.